The van der Waals surface area contributed by atoms with Gasteiger partial charge in [0.15, 0.2) is 6.04 Å². The predicted octanol–water partition coefficient (Wildman–Crippen LogP) is 3.78. The molecule has 1 heterocycles. The SMILES string of the molecule is COc1ccc(COC(=O)[C@H]2[C@H](C(C)C)OC(=O)N2Cc2ccccc2)cc1. The lowest BCUT2D eigenvalue weighted by Crippen LogP contribution is -2.45. The number of methoxy groups -OCH3 is 1. The van der Waals surface area contributed by atoms with E-state index in [1.165, 1.54) is 4.90 Å². The second kappa shape index (κ2) is 8.78. The Labute approximate surface area is 165 Å². The summed E-state index contributed by atoms with van der Waals surface area (Å²) < 4.78 is 16.2. The van der Waals surface area contributed by atoms with Crippen LogP contribution in [0.1, 0.15) is 25.0 Å². The zero-order chi connectivity index (χ0) is 20.1. The van der Waals surface area contributed by atoms with Gasteiger partial charge in [0.25, 0.3) is 0 Å². The second-order valence-electron chi connectivity index (χ2n) is 7.11. The molecule has 6 heteroatoms. The normalized spacial score (nSPS) is 18.9. The number of hydrogen-bond acceptors (Lipinski definition) is 5. The van der Waals surface area contributed by atoms with Gasteiger partial charge >= 0.3 is 12.1 Å². The fraction of sp³-hybridized carbons (Fsp3) is 0.364. The van der Waals surface area contributed by atoms with Crippen molar-refractivity contribution in [2.24, 2.45) is 5.92 Å². The van der Waals surface area contributed by atoms with Crippen molar-refractivity contribution < 1.29 is 23.8 Å². The molecular formula is C22H25NO5. The fourth-order valence-corrected chi connectivity index (χ4v) is 3.21. The minimum absolute atomic E-state index is 0.0109. The lowest BCUT2D eigenvalue weighted by molar-refractivity contribution is -0.151. The largest absolute Gasteiger partial charge is 0.497 e. The first kappa shape index (κ1) is 19.7. The maximum atomic E-state index is 12.9. The average molecular weight is 383 g/mol. The molecule has 0 aliphatic carbocycles. The number of benzene rings is 2. The number of rotatable bonds is 7. The molecule has 3 rings (SSSR count). The van der Waals surface area contributed by atoms with Gasteiger partial charge in [0, 0.05) is 0 Å². The summed E-state index contributed by atoms with van der Waals surface area (Å²) in [6.07, 6.45) is -1.03. The molecule has 6 nitrogen and oxygen atoms in total. The smallest absolute Gasteiger partial charge is 0.411 e. The molecule has 0 radical (unpaired) electrons. The van der Waals surface area contributed by atoms with Crippen LogP contribution in [0.4, 0.5) is 4.79 Å². The molecule has 2 aromatic rings. The number of ether oxygens (including phenoxy) is 3. The Bertz CT molecular complexity index is 803. The summed E-state index contributed by atoms with van der Waals surface area (Å²) in [5.41, 5.74) is 1.77. The van der Waals surface area contributed by atoms with Crippen molar-refractivity contribution in [1.82, 2.24) is 4.90 Å². The number of esters is 1. The van der Waals surface area contributed by atoms with E-state index in [0.717, 1.165) is 16.9 Å². The van der Waals surface area contributed by atoms with Gasteiger partial charge < -0.3 is 14.2 Å². The van der Waals surface area contributed by atoms with E-state index < -0.39 is 24.2 Å². The first-order valence-electron chi connectivity index (χ1n) is 9.30. The van der Waals surface area contributed by atoms with E-state index in [4.69, 9.17) is 14.2 Å². The molecule has 0 saturated carbocycles. The van der Waals surface area contributed by atoms with Crippen molar-refractivity contribution >= 4 is 12.1 Å². The topological polar surface area (TPSA) is 65.1 Å². The van der Waals surface area contributed by atoms with Crippen LogP contribution in [0.5, 0.6) is 5.75 Å². The van der Waals surface area contributed by atoms with Crippen molar-refractivity contribution in [2.45, 2.75) is 39.1 Å². The van der Waals surface area contributed by atoms with E-state index in [1.54, 1.807) is 7.11 Å². The first-order valence-corrected chi connectivity index (χ1v) is 9.30. The first-order chi connectivity index (χ1) is 13.5. The standard InChI is InChI=1S/C22H25NO5/c1-15(2)20-19(21(24)27-14-17-9-11-18(26-3)12-10-17)23(22(25)28-20)13-16-7-5-4-6-8-16/h4-12,15,19-20H,13-14H2,1-3H3/t19-,20+/m1/s1. The predicted molar refractivity (Wildman–Crippen MR) is 104 cm³/mol. The Morgan fingerprint density at radius 2 is 1.75 bits per heavy atom. The van der Waals surface area contributed by atoms with Crippen molar-refractivity contribution in [1.29, 1.82) is 0 Å². The summed E-state index contributed by atoms with van der Waals surface area (Å²) >= 11 is 0. The van der Waals surface area contributed by atoms with Crippen LogP contribution in [0.15, 0.2) is 54.6 Å². The van der Waals surface area contributed by atoms with Gasteiger partial charge in [-0.25, -0.2) is 9.59 Å². The highest BCUT2D eigenvalue weighted by molar-refractivity contribution is 5.85. The highest BCUT2D eigenvalue weighted by Gasteiger charge is 2.48. The summed E-state index contributed by atoms with van der Waals surface area (Å²) in [5, 5.41) is 0. The summed E-state index contributed by atoms with van der Waals surface area (Å²) in [6.45, 7) is 4.27. The number of cyclic esters (lactones) is 1. The maximum absolute atomic E-state index is 12.9. The van der Waals surface area contributed by atoms with Gasteiger partial charge in [-0.15, -0.1) is 0 Å². The van der Waals surface area contributed by atoms with Crippen molar-refractivity contribution in [3.8, 4) is 5.75 Å². The second-order valence-corrected chi connectivity index (χ2v) is 7.11. The monoisotopic (exact) mass is 383 g/mol. The summed E-state index contributed by atoms with van der Waals surface area (Å²) in [4.78, 5) is 26.8. The number of carbonyl (C=O) groups excluding carboxylic acids is 2. The highest BCUT2D eigenvalue weighted by Crippen LogP contribution is 2.28. The third kappa shape index (κ3) is 4.44. The minimum atomic E-state index is -0.772. The molecule has 2 atom stereocenters. The van der Waals surface area contributed by atoms with E-state index in [-0.39, 0.29) is 12.5 Å². The van der Waals surface area contributed by atoms with Gasteiger partial charge in [0.1, 0.15) is 18.5 Å². The van der Waals surface area contributed by atoms with E-state index in [0.29, 0.717) is 6.54 Å². The van der Waals surface area contributed by atoms with E-state index in [9.17, 15) is 9.59 Å². The van der Waals surface area contributed by atoms with E-state index in [2.05, 4.69) is 0 Å². The van der Waals surface area contributed by atoms with Gasteiger partial charge in [0.2, 0.25) is 0 Å². The summed E-state index contributed by atoms with van der Waals surface area (Å²) in [7, 11) is 1.60. The maximum Gasteiger partial charge on any atom is 0.411 e. The van der Waals surface area contributed by atoms with Crippen LogP contribution in [-0.4, -0.2) is 36.2 Å². The van der Waals surface area contributed by atoms with Gasteiger partial charge in [-0.3, -0.25) is 4.90 Å². The lowest BCUT2D eigenvalue weighted by atomic mass is 9.99. The molecule has 1 amide bonds. The molecule has 0 N–H and O–H groups in total. The summed E-state index contributed by atoms with van der Waals surface area (Å²) in [6, 6.07) is 16.0. The lowest BCUT2D eigenvalue weighted by Gasteiger charge is -2.24. The molecule has 1 aliphatic rings. The van der Waals surface area contributed by atoms with Gasteiger partial charge in [-0.05, 0) is 29.2 Å². The van der Waals surface area contributed by atoms with Crippen LogP contribution in [0.3, 0.4) is 0 Å². The van der Waals surface area contributed by atoms with Crippen LogP contribution in [0.2, 0.25) is 0 Å². The van der Waals surface area contributed by atoms with Crippen LogP contribution in [0.25, 0.3) is 0 Å². The number of hydrogen-bond donors (Lipinski definition) is 0. The molecule has 2 aromatic carbocycles. The van der Waals surface area contributed by atoms with Gasteiger partial charge in [0.05, 0.1) is 13.7 Å². The molecule has 0 aromatic heterocycles. The van der Waals surface area contributed by atoms with Gasteiger partial charge in [-0.1, -0.05) is 56.3 Å². The summed E-state index contributed by atoms with van der Waals surface area (Å²) in [5.74, 6) is 0.262. The Morgan fingerprint density at radius 3 is 2.36 bits per heavy atom. The molecule has 148 valence electrons. The highest BCUT2D eigenvalue weighted by atomic mass is 16.6. The average Bonchev–Trinajstić information content (AvgIpc) is 3.04. The molecule has 0 bridgehead atoms. The molecule has 28 heavy (non-hydrogen) atoms. The van der Waals surface area contributed by atoms with E-state index >= 15 is 0 Å². The number of nitrogens with zero attached hydrogens (tertiary/aromatic N) is 1. The van der Waals surface area contributed by atoms with Crippen molar-refractivity contribution in [2.75, 3.05) is 7.11 Å². The Kier molecular flexibility index (Phi) is 6.19. The number of amides is 1. The zero-order valence-corrected chi connectivity index (χ0v) is 16.3. The molecular weight excluding hydrogens is 358 g/mol. The third-order valence-corrected chi connectivity index (χ3v) is 4.75. The third-order valence-electron chi connectivity index (χ3n) is 4.75. The Morgan fingerprint density at radius 1 is 1.07 bits per heavy atom. The number of carbonyl (C=O) groups is 2. The Balaban J connectivity index is 1.73. The van der Waals surface area contributed by atoms with Gasteiger partial charge in [-0.2, -0.15) is 0 Å². The van der Waals surface area contributed by atoms with Crippen LogP contribution < -0.4 is 4.74 Å². The van der Waals surface area contributed by atoms with Crippen LogP contribution in [0, 0.1) is 5.92 Å². The zero-order valence-electron chi connectivity index (χ0n) is 16.3. The minimum Gasteiger partial charge on any atom is -0.497 e. The molecule has 0 unspecified atom stereocenters. The fourth-order valence-electron chi connectivity index (χ4n) is 3.21. The van der Waals surface area contributed by atoms with E-state index in [1.807, 2.05) is 68.4 Å². The molecule has 1 aliphatic heterocycles. The van der Waals surface area contributed by atoms with Crippen LogP contribution in [-0.2, 0) is 27.4 Å². The van der Waals surface area contributed by atoms with Crippen LogP contribution >= 0.6 is 0 Å². The Hall–Kier alpha value is -3.02. The molecule has 1 saturated heterocycles. The quantitative estimate of drug-likeness (QED) is 0.681. The van der Waals surface area contributed by atoms with Crippen molar-refractivity contribution in [3.63, 3.8) is 0 Å². The molecule has 1 fully saturated rings. The molecule has 0 spiro atoms. The van der Waals surface area contributed by atoms with Crippen molar-refractivity contribution in [3.05, 3.63) is 65.7 Å².